The van der Waals surface area contributed by atoms with Crippen LogP contribution in [-0.4, -0.2) is 67.8 Å². The van der Waals surface area contributed by atoms with Crippen molar-refractivity contribution in [2.24, 2.45) is 5.92 Å². The van der Waals surface area contributed by atoms with E-state index >= 15 is 0 Å². The molecule has 1 saturated heterocycles. The fraction of sp³-hybridized carbons (Fsp3) is 0.381. The Morgan fingerprint density at radius 1 is 0.982 bits per heavy atom. The molecule has 0 radical (unpaired) electrons. The van der Waals surface area contributed by atoms with Gasteiger partial charge >= 0.3 is 17.8 Å². The van der Waals surface area contributed by atoms with Crippen molar-refractivity contribution in [2.45, 2.75) is 77.1 Å². The zero-order chi connectivity index (χ0) is 40.5. The molecular formula is C42H47F3N4O6Si. The number of benzene rings is 3. The Morgan fingerprint density at radius 3 is 2.12 bits per heavy atom. The van der Waals surface area contributed by atoms with Crippen molar-refractivity contribution in [3.8, 4) is 11.8 Å². The van der Waals surface area contributed by atoms with Gasteiger partial charge in [-0.2, -0.15) is 18.2 Å². The highest BCUT2D eigenvalue weighted by Gasteiger charge is 2.51. The number of hydrogen-bond acceptors (Lipinski definition) is 7. The number of carbonyl (C=O) groups is 2. The van der Waals surface area contributed by atoms with Crippen LogP contribution in [0.2, 0.25) is 5.04 Å². The number of alkyl halides is 3. The third kappa shape index (κ3) is 10.0. The number of rotatable bonds is 13. The molecular weight excluding hydrogens is 742 g/mol. The topological polar surface area (TPSA) is 121 Å². The van der Waals surface area contributed by atoms with Crippen LogP contribution in [0.25, 0.3) is 0 Å². The number of ether oxygens (including phenoxy) is 2. The van der Waals surface area contributed by atoms with Crippen LogP contribution in [0.1, 0.15) is 69.6 Å². The number of nitrogens with one attached hydrogen (secondary N) is 2. The van der Waals surface area contributed by atoms with Gasteiger partial charge in [0.2, 0.25) is 0 Å². The molecule has 56 heavy (non-hydrogen) atoms. The lowest BCUT2D eigenvalue weighted by atomic mass is 9.94. The van der Waals surface area contributed by atoms with Crippen LogP contribution in [0.3, 0.4) is 0 Å². The van der Waals surface area contributed by atoms with Crippen molar-refractivity contribution in [1.29, 1.82) is 0 Å². The predicted octanol–water partition coefficient (Wildman–Crippen LogP) is 5.82. The first kappa shape index (κ1) is 42.1. The Hall–Kier alpha value is -5.07. The van der Waals surface area contributed by atoms with Gasteiger partial charge in [-0.3, -0.25) is 14.2 Å². The molecule has 0 spiro atoms. The Labute approximate surface area is 325 Å². The lowest BCUT2D eigenvalue weighted by Gasteiger charge is -2.43. The normalized spacial score (nSPS) is 17.8. The lowest BCUT2D eigenvalue weighted by Crippen LogP contribution is -2.67. The number of hydrogen-bond donors (Lipinski definition) is 2. The van der Waals surface area contributed by atoms with Gasteiger partial charge in [0.15, 0.2) is 5.82 Å². The molecule has 10 nitrogen and oxygen atoms in total. The van der Waals surface area contributed by atoms with Gasteiger partial charge in [0.05, 0.1) is 30.9 Å². The van der Waals surface area contributed by atoms with E-state index in [1.165, 1.54) is 10.8 Å². The maximum atomic E-state index is 13.7. The second-order valence-electron chi connectivity index (χ2n) is 14.6. The molecule has 5 rings (SSSR count). The van der Waals surface area contributed by atoms with Gasteiger partial charge in [-0.1, -0.05) is 111 Å². The maximum absolute atomic E-state index is 13.7. The SMILES string of the molecule is CCOC(C)CC1C[C@H](n2cc(C#CCNC(=O)C(F)(F)F)c(NC(=O)c3ccccc3)nc2=O)O[C@@H]1CO[Si](c1ccccc1)(c1ccccc1)C(C)(C)C. The van der Waals surface area contributed by atoms with Crippen LogP contribution in [0.4, 0.5) is 19.0 Å². The fourth-order valence-corrected chi connectivity index (χ4v) is 11.7. The molecule has 0 aliphatic carbocycles. The van der Waals surface area contributed by atoms with E-state index in [0.717, 1.165) is 10.4 Å². The molecule has 1 aromatic heterocycles. The highest BCUT2D eigenvalue weighted by Crippen LogP contribution is 2.40. The van der Waals surface area contributed by atoms with Crippen LogP contribution in [0.15, 0.2) is 102 Å². The number of halogens is 3. The molecule has 2 heterocycles. The quantitative estimate of drug-likeness (QED) is 0.130. The second-order valence-corrected chi connectivity index (χ2v) is 18.9. The molecule has 4 aromatic rings. The Bertz CT molecular complexity index is 2030. The molecule has 1 aliphatic rings. The van der Waals surface area contributed by atoms with Crippen molar-refractivity contribution < 1.29 is 36.7 Å². The number of aromatic nitrogens is 2. The third-order valence-corrected chi connectivity index (χ3v) is 14.7. The highest BCUT2D eigenvalue weighted by atomic mass is 28.4. The predicted molar refractivity (Wildman–Crippen MR) is 210 cm³/mol. The third-order valence-electron chi connectivity index (χ3n) is 9.68. The first-order valence-corrected chi connectivity index (χ1v) is 20.4. The van der Waals surface area contributed by atoms with Gasteiger partial charge in [-0.15, -0.1) is 0 Å². The van der Waals surface area contributed by atoms with Crippen molar-refractivity contribution >= 4 is 36.3 Å². The zero-order valence-corrected chi connectivity index (χ0v) is 33.1. The van der Waals surface area contributed by atoms with Crippen LogP contribution < -0.4 is 26.7 Å². The van der Waals surface area contributed by atoms with E-state index in [4.69, 9.17) is 13.9 Å². The molecule has 14 heteroatoms. The number of carbonyl (C=O) groups excluding carboxylic acids is 2. The summed E-state index contributed by atoms with van der Waals surface area (Å²) in [4.78, 5) is 42.3. The molecule has 2 unspecified atom stereocenters. The molecule has 296 valence electrons. The molecule has 0 saturated carbocycles. The van der Waals surface area contributed by atoms with E-state index in [2.05, 4.69) is 67.2 Å². The Morgan fingerprint density at radius 2 is 1.57 bits per heavy atom. The summed E-state index contributed by atoms with van der Waals surface area (Å²) in [5, 5.41) is 6.21. The van der Waals surface area contributed by atoms with E-state index in [1.54, 1.807) is 35.6 Å². The van der Waals surface area contributed by atoms with E-state index in [-0.39, 0.29) is 40.6 Å². The summed E-state index contributed by atoms with van der Waals surface area (Å²) < 4.78 is 59.5. The van der Waals surface area contributed by atoms with Crippen LogP contribution in [-0.2, 0) is 18.7 Å². The van der Waals surface area contributed by atoms with Gasteiger partial charge in [0, 0.05) is 18.4 Å². The maximum Gasteiger partial charge on any atom is 0.471 e. The van der Waals surface area contributed by atoms with Crippen molar-refractivity contribution in [2.75, 3.05) is 25.1 Å². The first-order valence-electron chi connectivity index (χ1n) is 18.5. The van der Waals surface area contributed by atoms with Crippen LogP contribution >= 0.6 is 0 Å². The standard InChI is InChI=1S/C42H47F3N4O6Si/c1-6-53-29(2)25-32-26-36(55-35(32)28-54-56(41(3,4)5,33-20-12-8-13-21-33)34-22-14-9-15-23-34)49-27-31(19-16-24-46-39(51)42(43,44)45)37(48-40(49)52)47-38(50)30-17-10-7-11-18-30/h7-15,17-18,20-23,27,29,32,35-36H,6,24-26,28H2,1-5H3,(H,46,51)(H,47,48,50,52)/t29?,32?,35-,36-/m1/s1. The second kappa shape index (κ2) is 18.2. The summed E-state index contributed by atoms with van der Waals surface area (Å²) >= 11 is 0. The number of amides is 2. The summed E-state index contributed by atoms with van der Waals surface area (Å²) in [6.45, 7) is 10.6. The summed E-state index contributed by atoms with van der Waals surface area (Å²) in [5.74, 6) is 2.11. The number of anilines is 1. The first-order chi connectivity index (χ1) is 26.6. The summed E-state index contributed by atoms with van der Waals surface area (Å²) in [6.07, 6.45) is -4.14. The van der Waals surface area contributed by atoms with Crippen molar-refractivity contribution in [1.82, 2.24) is 14.9 Å². The lowest BCUT2D eigenvalue weighted by molar-refractivity contribution is -0.173. The van der Waals surface area contributed by atoms with Gasteiger partial charge in [-0.25, -0.2) is 4.79 Å². The van der Waals surface area contributed by atoms with Crippen LogP contribution in [0, 0.1) is 17.8 Å². The molecule has 1 aliphatic heterocycles. The van der Waals surface area contributed by atoms with Gasteiger partial charge in [-0.05, 0) is 60.2 Å². The average Bonchev–Trinajstić information content (AvgIpc) is 3.56. The van der Waals surface area contributed by atoms with Crippen molar-refractivity contribution in [3.05, 3.63) is 119 Å². The largest absolute Gasteiger partial charge is 0.471 e. The van der Waals surface area contributed by atoms with Gasteiger partial charge in [0.25, 0.3) is 14.2 Å². The molecule has 2 amide bonds. The Kier molecular flexibility index (Phi) is 13.7. The highest BCUT2D eigenvalue weighted by molar-refractivity contribution is 6.99. The minimum absolute atomic E-state index is 0.0324. The van der Waals surface area contributed by atoms with Crippen LogP contribution in [0.5, 0.6) is 0 Å². The summed E-state index contributed by atoms with van der Waals surface area (Å²) in [7, 11) is -2.96. The van der Waals surface area contributed by atoms with E-state index in [0.29, 0.717) is 19.4 Å². The number of nitrogens with zero attached hydrogens (tertiary/aromatic N) is 2. The van der Waals surface area contributed by atoms with E-state index in [9.17, 15) is 27.6 Å². The van der Waals surface area contributed by atoms with Gasteiger partial charge < -0.3 is 24.5 Å². The minimum Gasteiger partial charge on any atom is -0.405 e. The summed E-state index contributed by atoms with van der Waals surface area (Å²) in [5.41, 5.74) is -0.423. The Balaban J connectivity index is 1.50. The van der Waals surface area contributed by atoms with E-state index in [1.807, 2.05) is 50.2 Å². The van der Waals surface area contributed by atoms with Gasteiger partial charge in [0.1, 0.15) is 6.23 Å². The molecule has 0 bridgehead atoms. The fourth-order valence-electron chi connectivity index (χ4n) is 7.12. The van der Waals surface area contributed by atoms with E-state index < -0.39 is 50.9 Å². The molecule has 1 fully saturated rings. The minimum atomic E-state index is -5.08. The smallest absolute Gasteiger partial charge is 0.405 e. The monoisotopic (exact) mass is 788 g/mol. The average molecular weight is 789 g/mol. The summed E-state index contributed by atoms with van der Waals surface area (Å²) in [6, 6.07) is 28.7. The molecule has 2 N–H and O–H groups in total. The molecule has 3 aromatic carbocycles. The molecule has 4 atom stereocenters. The van der Waals surface area contributed by atoms with Crippen molar-refractivity contribution in [3.63, 3.8) is 0 Å². The zero-order valence-electron chi connectivity index (χ0n) is 32.1.